The molecule has 1 aromatic carbocycles. The van der Waals surface area contributed by atoms with E-state index in [0.29, 0.717) is 17.9 Å². The minimum Gasteiger partial charge on any atom is -0.478 e. The zero-order chi connectivity index (χ0) is 14.7. The molecule has 0 atom stereocenters. The molecule has 0 aliphatic heterocycles. The van der Waals surface area contributed by atoms with Crippen LogP contribution >= 0.6 is 0 Å². The number of carboxylic acids is 1. The van der Waals surface area contributed by atoms with E-state index < -0.39 is 5.97 Å². The van der Waals surface area contributed by atoms with Crippen molar-refractivity contribution in [3.8, 4) is 0 Å². The standard InChI is InChI=1S/C15H15NO4/c1-10-7-13(9-20-10)14(17)16(2)8-11-3-5-12(6-4-11)15(18)19/h3-7,9H,8H2,1-2H3,(H,18,19). The molecule has 1 N–H and O–H groups in total. The van der Waals surface area contributed by atoms with Crippen LogP contribution in [0.3, 0.4) is 0 Å². The van der Waals surface area contributed by atoms with Gasteiger partial charge in [-0.1, -0.05) is 12.1 Å². The lowest BCUT2D eigenvalue weighted by atomic mass is 10.1. The summed E-state index contributed by atoms with van der Waals surface area (Å²) in [6.45, 7) is 2.18. The van der Waals surface area contributed by atoms with Crippen molar-refractivity contribution in [1.82, 2.24) is 4.90 Å². The number of rotatable bonds is 4. The van der Waals surface area contributed by atoms with Crippen LogP contribution in [0, 0.1) is 6.92 Å². The Morgan fingerprint density at radius 2 is 1.85 bits per heavy atom. The van der Waals surface area contributed by atoms with Gasteiger partial charge >= 0.3 is 5.97 Å². The molecular formula is C15H15NO4. The number of carboxylic acid groups (broad SMARTS) is 1. The summed E-state index contributed by atoms with van der Waals surface area (Å²) in [5.74, 6) is -0.411. The number of hydrogen-bond donors (Lipinski definition) is 1. The van der Waals surface area contributed by atoms with Gasteiger partial charge in [-0.2, -0.15) is 0 Å². The number of carbonyl (C=O) groups excluding carboxylic acids is 1. The van der Waals surface area contributed by atoms with Gasteiger partial charge in [-0.3, -0.25) is 4.79 Å². The largest absolute Gasteiger partial charge is 0.478 e. The van der Waals surface area contributed by atoms with Crippen LogP contribution in [-0.2, 0) is 6.54 Å². The van der Waals surface area contributed by atoms with E-state index in [2.05, 4.69) is 0 Å². The Bertz CT molecular complexity index is 628. The lowest BCUT2D eigenvalue weighted by Crippen LogP contribution is -2.25. The fraction of sp³-hybridized carbons (Fsp3) is 0.200. The van der Waals surface area contributed by atoms with E-state index in [1.807, 2.05) is 0 Å². The smallest absolute Gasteiger partial charge is 0.335 e. The second-order valence-electron chi connectivity index (χ2n) is 4.61. The lowest BCUT2D eigenvalue weighted by molar-refractivity contribution is 0.0695. The first-order chi connectivity index (χ1) is 9.47. The average Bonchev–Trinajstić information content (AvgIpc) is 2.85. The van der Waals surface area contributed by atoms with Gasteiger partial charge in [0.15, 0.2) is 0 Å². The first-order valence-corrected chi connectivity index (χ1v) is 6.10. The van der Waals surface area contributed by atoms with Crippen molar-refractivity contribution in [2.75, 3.05) is 7.05 Å². The summed E-state index contributed by atoms with van der Waals surface area (Å²) >= 11 is 0. The monoisotopic (exact) mass is 273 g/mol. The van der Waals surface area contributed by atoms with Crippen molar-refractivity contribution in [1.29, 1.82) is 0 Å². The van der Waals surface area contributed by atoms with E-state index in [-0.39, 0.29) is 11.5 Å². The van der Waals surface area contributed by atoms with Gasteiger partial charge in [0.2, 0.25) is 0 Å². The van der Waals surface area contributed by atoms with E-state index in [1.165, 1.54) is 18.4 Å². The molecule has 20 heavy (non-hydrogen) atoms. The quantitative estimate of drug-likeness (QED) is 0.929. The fourth-order valence-corrected chi connectivity index (χ4v) is 1.87. The van der Waals surface area contributed by atoms with E-state index in [4.69, 9.17) is 9.52 Å². The molecule has 1 amide bonds. The van der Waals surface area contributed by atoms with Gasteiger partial charge in [0, 0.05) is 13.6 Å². The highest BCUT2D eigenvalue weighted by Crippen LogP contribution is 2.12. The van der Waals surface area contributed by atoms with Gasteiger partial charge in [-0.05, 0) is 30.7 Å². The van der Waals surface area contributed by atoms with E-state index in [9.17, 15) is 9.59 Å². The normalized spacial score (nSPS) is 10.3. The predicted molar refractivity (Wildman–Crippen MR) is 72.6 cm³/mol. The van der Waals surface area contributed by atoms with Crippen LogP contribution < -0.4 is 0 Å². The number of carbonyl (C=O) groups is 2. The van der Waals surface area contributed by atoms with Gasteiger partial charge in [-0.15, -0.1) is 0 Å². The minimum absolute atomic E-state index is 0.135. The van der Waals surface area contributed by atoms with Crippen LogP contribution in [-0.4, -0.2) is 28.9 Å². The third-order valence-corrected chi connectivity index (χ3v) is 2.94. The summed E-state index contributed by atoms with van der Waals surface area (Å²) in [5.41, 5.74) is 1.60. The summed E-state index contributed by atoms with van der Waals surface area (Å²) in [4.78, 5) is 24.4. The number of benzene rings is 1. The Balaban J connectivity index is 2.05. The molecule has 0 saturated heterocycles. The van der Waals surface area contributed by atoms with Crippen LogP contribution in [0.15, 0.2) is 41.0 Å². The number of aryl methyl sites for hydroxylation is 1. The molecule has 0 saturated carbocycles. The lowest BCUT2D eigenvalue weighted by Gasteiger charge is -2.16. The fourth-order valence-electron chi connectivity index (χ4n) is 1.87. The first kappa shape index (κ1) is 13.9. The van der Waals surface area contributed by atoms with Gasteiger partial charge < -0.3 is 14.4 Å². The van der Waals surface area contributed by atoms with Crippen LogP contribution in [0.4, 0.5) is 0 Å². The molecule has 5 nitrogen and oxygen atoms in total. The molecule has 0 radical (unpaired) electrons. The Morgan fingerprint density at radius 3 is 2.35 bits per heavy atom. The Labute approximate surface area is 116 Å². The van der Waals surface area contributed by atoms with Crippen molar-refractivity contribution in [3.63, 3.8) is 0 Å². The minimum atomic E-state index is -0.963. The highest BCUT2D eigenvalue weighted by Gasteiger charge is 2.14. The van der Waals surface area contributed by atoms with E-state index in [1.54, 1.807) is 37.1 Å². The van der Waals surface area contributed by atoms with Crippen molar-refractivity contribution in [2.24, 2.45) is 0 Å². The topological polar surface area (TPSA) is 70.8 Å². The van der Waals surface area contributed by atoms with Crippen LogP contribution in [0.5, 0.6) is 0 Å². The molecule has 0 unspecified atom stereocenters. The third kappa shape index (κ3) is 3.06. The van der Waals surface area contributed by atoms with Crippen LogP contribution in [0.1, 0.15) is 32.0 Å². The maximum atomic E-state index is 12.1. The third-order valence-electron chi connectivity index (χ3n) is 2.94. The molecule has 1 heterocycles. The molecule has 0 fully saturated rings. The Hall–Kier alpha value is -2.56. The SMILES string of the molecule is Cc1cc(C(=O)N(C)Cc2ccc(C(=O)O)cc2)co1. The molecule has 0 aliphatic carbocycles. The van der Waals surface area contributed by atoms with E-state index >= 15 is 0 Å². The van der Waals surface area contributed by atoms with E-state index in [0.717, 1.165) is 5.56 Å². The zero-order valence-electron chi connectivity index (χ0n) is 11.3. The molecular weight excluding hydrogens is 258 g/mol. The highest BCUT2D eigenvalue weighted by molar-refractivity contribution is 5.93. The predicted octanol–water partition coefficient (Wildman–Crippen LogP) is 2.56. The summed E-state index contributed by atoms with van der Waals surface area (Å²) in [7, 11) is 1.69. The molecule has 5 heteroatoms. The summed E-state index contributed by atoms with van der Waals surface area (Å²) in [5, 5.41) is 8.82. The summed E-state index contributed by atoms with van der Waals surface area (Å²) in [6.07, 6.45) is 1.43. The molecule has 0 bridgehead atoms. The van der Waals surface area contributed by atoms with Crippen molar-refractivity contribution < 1.29 is 19.1 Å². The second kappa shape index (κ2) is 5.61. The average molecular weight is 273 g/mol. The number of nitrogens with zero attached hydrogens (tertiary/aromatic N) is 1. The maximum Gasteiger partial charge on any atom is 0.335 e. The molecule has 0 aliphatic rings. The van der Waals surface area contributed by atoms with Gasteiger partial charge in [0.05, 0.1) is 11.1 Å². The van der Waals surface area contributed by atoms with Gasteiger partial charge in [-0.25, -0.2) is 4.79 Å². The van der Waals surface area contributed by atoms with Crippen LogP contribution in [0.2, 0.25) is 0 Å². The van der Waals surface area contributed by atoms with Gasteiger partial charge in [0.1, 0.15) is 12.0 Å². The zero-order valence-corrected chi connectivity index (χ0v) is 11.3. The molecule has 1 aromatic heterocycles. The summed E-state index contributed by atoms with van der Waals surface area (Å²) in [6, 6.07) is 8.14. The van der Waals surface area contributed by atoms with Crippen molar-refractivity contribution in [3.05, 3.63) is 59.0 Å². The van der Waals surface area contributed by atoms with Gasteiger partial charge in [0.25, 0.3) is 5.91 Å². The second-order valence-corrected chi connectivity index (χ2v) is 4.61. The molecule has 2 rings (SSSR count). The number of furan rings is 1. The highest BCUT2D eigenvalue weighted by atomic mass is 16.4. The molecule has 0 spiro atoms. The Kier molecular flexibility index (Phi) is 3.89. The Morgan fingerprint density at radius 1 is 1.20 bits per heavy atom. The molecule has 104 valence electrons. The first-order valence-electron chi connectivity index (χ1n) is 6.10. The van der Waals surface area contributed by atoms with Crippen molar-refractivity contribution >= 4 is 11.9 Å². The maximum absolute atomic E-state index is 12.1. The number of hydrogen-bond acceptors (Lipinski definition) is 3. The number of aromatic carboxylic acids is 1. The van der Waals surface area contributed by atoms with Crippen molar-refractivity contribution in [2.45, 2.75) is 13.5 Å². The molecule has 2 aromatic rings. The number of amides is 1. The summed E-state index contributed by atoms with van der Waals surface area (Å²) < 4.78 is 5.12. The van der Waals surface area contributed by atoms with Crippen LogP contribution in [0.25, 0.3) is 0 Å².